The number of hydrogen-bond donors (Lipinski definition) is 0. The van der Waals surface area contributed by atoms with Crippen molar-refractivity contribution in [3.63, 3.8) is 0 Å². The lowest BCUT2D eigenvalue weighted by molar-refractivity contribution is 0.782. The first kappa shape index (κ1) is 21.2. The molecule has 0 saturated heterocycles. The molecule has 0 atom stereocenters. The highest BCUT2D eigenvalue weighted by Crippen LogP contribution is 2.30. The molecule has 5 aromatic rings. The summed E-state index contributed by atoms with van der Waals surface area (Å²) in [6.07, 6.45) is 0. The first-order valence-corrected chi connectivity index (χ1v) is 11.7. The zero-order valence-corrected chi connectivity index (χ0v) is 19.5. The zero-order valence-electron chi connectivity index (χ0n) is 18.7. The van der Waals surface area contributed by atoms with Crippen molar-refractivity contribution in [3.05, 3.63) is 100 Å². The van der Waals surface area contributed by atoms with Crippen molar-refractivity contribution in [1.82, 2.24) is 24.3 Å². The quantitative estimate of drug-likeness (QED) is 0.347. The van der Waals surface area contributed by atoms with Crippen LogP contribution in [0, 0.1) is 13.8 Å². The number of benzene rings is 3. The van der Waals surface area contributed by atoms with Crippen LogP contribution in [0.4, 0.5) is 0 Å². The maximum atomic E-state index is 12.8. The molecule has 3 aromatic carbocycles. The van der Waals surface area contributed by atoms with Gasteiger partial charge in [0.15, 0.2) is 11.0 Å². The topological polar surface area (TPSA) is 65.6 Å². The summed E-state index contributed by atoms with van der Waals surface area (Å²) in [5.74, 6) is 1.97. The Bertz CT molecular complexity index is 1520. The van der Waals surface area contributed by atoms with Crippen LogP contribution in [0.5, 0.6) is 0 Å². The normalized spacial score (nSPS) is 11.2. The van der Waals surface area contributed by atoms with Gasteiger partial charge in [0.25, 0.3) is 5.56 Å². The summed E-state index contributed by atoms with van der Waals surface area (Å²) in [6.45, 7) is 4.21. The SMILES string of the molecule is Cc1ccc(-n2c(SCc3nc4ccccc4c(=O)n3C)nnc2-c2ccccc2)cc1C. The van der Waals surface area contributed by atoms with Crippen LogP contribution >= 0.6 is 11.8 Å². The second-order valence-electron chi connectivity index (χ2n) is 7.97. The number of aryl methyl sites for hydroxylation is 2. The van der Waals surface area contributed by atoms with Gasteiger partial charge in [-0.05, 0) is 49.2 Å². The lowest BCUT2D eigenvalue weighted by Gasteiger charge is -2.13. The summed E-state index contributed by atoms with van der Waals surface area (Å²) in [6, 6.07) is 23.8. The molecule has 0 aliphatic carbocycles. The van der Waals surface area contributed by atoms with E-state index in [0.29, 0.717) is 22.5 Å². The molecule has 7 heteroatoms. The van der Waals surface area contributed by atoms with Crippen LogP contribution < -0.4 is 5.56 Å². The number of para-hydroxylation sites is 1. The fraction of sp³-hybridized carbons (Fsp3) is 0.154. The van der Waals surface area contributed by atoms with Gasteiger partial charge in [-0.25, -0.2) is 4.98 Å². The number of hydrogen-bond acceptors (Lipinski definition) is 5. The van der Waals surface area contributed by atoms with Crippen molar-refractivity contribution in [3.8, 4) is 17.1 Å². The van der Waals surface area contributed by atoms with Gasteiger partial charge in [0.05, 0.1) is 22.3 Å². The zero-order chi connectivity index (χ0) is 22.9. The standard InChI is InChI=1S/C26H23N5OS/c1-17-13-14-20(15-18(17)2)31-24(19-9-5-4-6-10-19)28-29-26(31)33-16-23-27-22-12-8-7-11-21(22)25(32)30(23)3/h4-15H,16H2,1-3H3. The second-order valence-corrected chi connectivity index (χ2v) is 8.92. The lowest BCUT2D eigenvalue weighted by Crippen LogP contribution is -2.22. The van der Waals surface area contributed by atoms with Crippen LogP contribution in [0.15, 0.2) is 82.7 Å². The average molecular weight is 454 g/mol. The van der Waals surface area contributed by atoms with Gasteiger partial charge in [0.1, 0.15) is 5.82 Å². The molecule has 0 radical (unpaired) electrons. The lowest BCUT2D eigenvalue weighted by atomic mass is 10.1. The van der Waals surface area contributed by atoms with E-state index in [1.807, 2.05) is 54.6 Å². The van der Waals surface area contributed by atoms with Gasteiger partial charge in [-0.2, -0.15) is 0 Å². The van der Waals surface area contributed by atoms with E-state index in [9.17, 15) is 4.79 Å². The van der Waals surface area contributed by atoms with Crippen LogP contribution in [0.1, 0.15) is 17.0 Å². The van der Waals surface area contributed by atoms with Crippen molar-refractivity contribution >= 4 is 22.7 Å². The second kappa shape index (κ2) is 8.67. The summed E-state index contributed by atoms with van der Waals surface area (Å²) in [5, 5.41) is 10.4. The summed E-state index contributed by atoms with van der Waals surface area (Å²) in [5.41, 5.74) is 5.09. The Balaban J connectivity index is 1.57. The first-order valence-electron chi connectivity index (χ1n) is 10.7. The maximum absolute atomic E-state index is 12.8. The Kier molecular flexibility index (Phi) is 5.56. The molecular weight excluding hydrogens is 430 g/mol. The Morgan fingerprint density at radius 2 is 1.64 bits per heavy atom. The van der Waals surface area contributed by atoms with Gasteiger partial charge >= 0.3 is 0 Å². The molecule has 33 heavy (non-hydrogen) atoms. The smallest absolute Gasteiger partial charge is 0.261 e. The number of thioether (sulfide) groups is 1. The summed E-state index contributed by atoms with van der Waals surface area (Å²) >= 11 is 1.52. The van der Waals surface area contributed by atoms with Gasteiger partial charge in [-0.1, -0.05) is 60.3 Å². The molecule has 0 fully saturated rings. The molecule has 0 amide bonds. The fourth-order valence-electron chi connectivity index (χ4n) is 3.76. The van der Waals surface area contributed by atoms with E-state index in [2.05, 4.69) is 46.8 Å². The number of nitrogens with zero attached hydrogens (tertiary/aromatic N) is 5. The number of rotatable bonds is 5. The highest BCUT2D eigenvalue weighted by Gasteiger charge is 2.18. The van der Waals surface area contributed by atoms with E-state index in [1.165, 1.54) is 22.9 Å². The van der Waals surface area contributed by atoms with Crippen molar-refractivity contribution in [2.45, 2.75) is 24.8 Å². The molecule has 6 nitrogen and oxygen atoms in total. The summed E-state index contributed by atoms with van der Waals surface area (Å²) < 4.78 is 3.69. The van der Waals surface area contributed by atoms with Crippen LogP contribution in [0.2, 0.25) is 0 Å². The molecule has 0 bridgehead atoms. The van der Waals surface area contributed by atoms with Gasteiger partial charge in [0.2, 0.25) is 0 Å². The minimum absolute atomic E-state index is 0.0446. The van der Waals surface area contributed by atoms with E-state index in [-0.39, 0.29) is 5.56 Å². The molecule has 0 aliphatic rings. The van der Waals surface area contributed by atoms with Gasteiger partial charge in [-0.3, -0.25) is 13.9 Å². The highest BCUT2D eigenvalue weighted by atomic mass is 32.2. The predicted octanol–water partition coefficient (Wildman–Crippen LogP) is 5.09. The van der Waals surface area contributed by atoms with E-state index in [0.717, 1.165) is 22.2 Å². The summed E-state index contributed by atoms with van der Waals surface area (Å²) in [4.78, 5) is 17.5. The minimum atomic E-state index is -0.0446. The molecular formula is C26H23N5OS. The van der Waals surface area contributed by atoms with Crippen LogP contribution in [-0.2, 0) is 12.8 Å². The Morgan fingerprint density at radius 3 is 2.42 bits per heavy atom. The maximum Gasteiger partial charge on any atom is 0.261 e. The molecule has 0 unspecified atom stereocenters. The molecule has 2 aromatic heterocycles. The van der Waals surface area contributed by atoms with E-state index in [4.69, 9.17) is 4.98 Å². The monoisotopic (exact) mass is 453 g/mol. The van der Waals surface area contributed by atoms with Crippen LogP contribution in [-0.4, -0.2) is 24.3 Å². The van der Waals surface area contributed by atoms with E-state index in [1.54, 1.807) is 11.6 Å². The average Bonchev–Trinajstić information content (AvgIpc) is 3.27. The molecule has 164 valence electrons. The molecule has 0 aliphatic heterocycles. The van der Waals surface area contributed by atoms with Crippen molar-refractivity contribution in [1.29, 1.82) is 0 Å². The summed E-state index contributed by atoms with van der Waals surface area (Å²) in [7, 11) is 1.77. The van der Waals surface area contributed by atoms with Gasteiger partial charge < -0.3 is 0 Å². The Hall–Kier alpha value is -3.71. The third-order valence-corrected chi connectivity index (χ3v) is 6.75. The fourth-order valence-corrected chi connectivity index (χ4v) is 4.69. The van der Waals surface area contributed by atoms with Crippen molar-refractivity contribution in [2.75, 3.05) is 0 Å². The van der Waals surface area contributed by atoms with Crippen LogP contribution in [0.25, 0.3) is 28.0 Å². The first-order chi connectivity index (χ1) is 16.0. The van der Waals surface area contributed by atoms with E-state index < -0.39 is 0 Å². The minimum Gasteiger partial charge on any atom is -0.299 e. The molecule has 0 saturated carbocycles. The van der Waals surface area contributed by atoms with Gasteiger partial charge in [-0.15, -0.1) is 10.2 Å². The number of fused-ring (bicyclic) bond motifs is 1. The number of aromatic nitrogens is 5. The predicted molar refractivity (Wildman–Crippen MR) is 133 cm³/mol. The third kappa shape index (κ3) is 3.96. The molecule has 0 N–H and O–H groups in total. The van der Waals surface area contributed by atoms with E-state index >= 15 is 0 Å². The molecule has 0 spiro atoms. The van der Waals surface area contributed by atoms with Gasteiger partial charge in [0, 0.05) is 12.6 Å². The Morgan fingerprint density at radius 1 is 0.879 bits per heavy atom. The van der Waals surface area contributed by atoms with Crippen molar-refractivity contribution < 1.29 is 0 Å². The van der Waals surface area contributed by atoms with Crippen molar-refractivity contribution in [2.24, 2.45) is 7.05 Å². The largest absolute Gasteiger partial charge is 0.299 e. The Labute approximate surface area is 196 Å². The third-order valence-electron chi connectivity index (χ3n) is 5.82. The van der Waals surface area contributed by atoms with Crippen LogP contribution in [0.3, 0.4) is 0 Å². The highest BCUT2D eigenvalue weighted by molar-refractivity contribution is 7.98. The molecule has 5 rings (SSSR count). The molecule has 2 heterocycles.